The minimum Gasteiger partial charge on any atom is -0.461 e. The molecule has 4 aromatic rings. The number of ether oxygens (including phenoxy) is 4. The molecule has 0 aliphatic carbocycles. The lowest BCUT2D eigenvalue weighted by molar-refractivity contribution is -0.158. The number of sulfonamides is 1. The normalized spacial score (nSPS) is 13.1. The van der Waals surface area contributed by atoms with Crippen molar-refractivity contribution in [1.29, 1.82) is 0 Å². The SMILES string of the molecule is Cc1ccc(S(=O)(=O)NC(N)=NCCC[C@H](NC(=O)[C@H](CCCCNC(=O)OCc2ccccc2)NC(=O)OC(C)(C)C)C(=O)NCC(=O)N[C@@H](CC(=O)OCc2ccccc2)C(=O)N[C@H](Cc2ccccc2)C(=O)OC(C)(C)C)cc1. The number of nitrogens with one attached hydrogen (secondary N) is 7. The number of esters is 2. The molecule has 0 heterocycles. The molecule has 0 bridgehead atoms. The molecule has 4 rings (SSSR count). The van der Waals surface area contributed by atoms with Gasteiger partial charge in [0.15, 0.2) is 0 Å². The highest BCUT2D eigenvalue weighted by Gasteiger charge is 2.33. The number of guanidine groups is 1. The van der Waals surface area contributed by atoms with Crippen molar-refractivity contribution in [3.8, 4) is 0 Å². The van der Waals surface area contributed by atoms with Gasteiger partial charge in [-0.05, 0) is 109 Å². The van der Waals surface area contributed by atoms with Gasteiger partial charge >= 0.3 is 24.1 Å². The molecule has 4 atom stereocenters. The lowest BCUT2D eigenvalue weighted by Crippen LogP contribution is -2.56. The number of alkyl carbamates (subject to hydrolysis) is 2. The minimum absolute atomic E-state index is 0.00187. The van der Waals surface area contributed by atoms with E-state index < -0.39 is 112 Å². The maximum absolute atomic E-state index is 14.2. The van der Waals surface area contributed by atoms with Crippen molar-refractivity contribution in [1.82, 2.24) is 36.6 Å². The van der Waals surface area contributed by atoms with Crippen molar-refractivity contribution in [3.63, 3.8) is 0 Å². The maximum Gasteiger partial charge on any atom is 0.408 e. The number of aliphatic imine (C=N–C) groups is 1. The van der Waals surface area contributed by atoms with Crippen LogP contribution >= 0.6 is 0 Å². The van der Waals surface area contributed by atoms with E-state index in [9.17, 15) is 46.8 Å². The molecule has 444 valence electrons. The van der Waals surface area contributed by atoms with E-state index in [0.717, 1.165) is 11.1 Å². The first-order chi connectivity index (χ1) is 38.7. The summed E-state index contributed by atoms with van der Waals surface area (Å²) in [4.78, 5) is 112. The van der Waals surface area contributed by atoms with E-state index in [4.69, 9.17) is 24.7 Å². The summed E-state index contributed by atoms with van der Waals surface area (Å²) < 4.78 is 49.9. The van der Waals surface area contributed by atoms with Crippen molar-refractivity contribution in [2.24, 2.45) is 10.7 Å². The summed E-state index contributed by atoms with van der Waals surface area (Å²) in [7, 11) is -4.11. The van der Waals surface area contributed by atoms with E-state index in [1.54, 1.807) is 133 Å². The van der Waals surface area contributed by atoms with Crippen LogP contribution in [0.3, 0.4) is 0 Å². The number of carbonyl (C=O) groups is 8. The van der Waals surface area contributed by atoms with Gasteiger partial charge in [0.1, 0.15) is 48.6 Å². The summed E-state index contributed by atoms with van der Waals surface area (Å²) in [5.41, 5.74) is 6.99. The molecule has 6 amide bonds. The molecule has 0 aliphatic rings. The fourth-order valence-corrected chi connectivity index (χ4v) is 8.49. The number of rotatable bonds is 29. The van der Waals surface area contributed by atoms with Gasteiger partial charge in [-0.2, -0.15) is 0 Å². The molecular formula is C58H77N9O14S. The Kier molecular flexibility index (Phi) is 26.3. The predicted octanol–water partition coefficient (Wildman–Crippen LogP) is 4.65. The minimum atomic E-state index is -4.11. The van der Waals surface area contributed by atoms with Gasteiger partial charge in [-0.25, -0.2) is 27.5 Å². The van der Waals surface area contributed by atoms with Crippen molar-refractivity contribution in [2.75, 3.05) is 19.6 Å². The molecule has 4 aromatic carbocycles. The molecule has 9 N–H and O–H groups in total. The van der Waals surface area contributed by atoms with E-state index in [1.165, 1.54) is 12.1 Å². The summed E-state index contributed by atoms with van der Waals surface area (Å²) in [6.45, 7) is 10.7. The van der Waals surface area contributed by atoms with Crippen LogP contribution in [0, 0.1) is 6.92 Å². The van der Waals surface area contributed by atoms with Gasteiger partial charge in [-0.3, -0.25) is 29.0 Å². The van der Waals surface area contributed by atoms with Crippen LogP contribution in [0.1, 0.15) is 102 Å². The monoisotopic (exact) mass is 1160 g/mol. The van der Waals surface area contributed by atoms with E-state index in [0.29, 0.717) is 17.5 Å². The molecular weight excluding hydrogens is 1080 g/mol. The topological polar surface area (TPSA) is 330 Å². The zero-order valence-corrected chi connectivity index (χ0v) is 48.2. The Hall–Kier alpha value is -8.54. The number of aryl methyl sites for hydroxylation is 1. The summed E-state index contributed by atoms with van der Waals surface area (Å²) in [6, 6.07) is 26.9. The van der Waals surface area contributed by atoms with Crippen LogP contribution in [0.2, 0.25) is 0 Å². The van der Waals surface area contributed by atoms with Crippen LogP contribution in [-0.2, 0) is 77.4 Å². The number of benzene rings is 4. The molecule has 0 aromatic heterocycles. The highest BCUT2D eigenvalue weighted by atomic mass is 32.2. The Morgan fingerprint density at radius 2 is 1.09 bits per heavy atom. The van der Waals surface area contributed by atoms with Gasteiger partial charge in [0.2, 0.25) is 29.6 Å². The first-order valence-corrected chi connectivity index (χ1v) is 28.2. The van der Waals surface area contributed by atoms with Gasteiger partial charge in [0.25, 0.3) is 10.0 Å². The first kappa shape index (κ1) is 66.0. The third-order valence-electron chi connectivity index (χ3n) is 11.5. The van der Waals surface area contributed by atoms with E-state index in [2.05, 4.69) is 41.6 Å². The number of unbranched alkanes of at least 4 members (excludes halogenated alkanes) is 1. The Balaban J connectivity index is 1.53. The Bertz CT molecular complexity index is 2880. The number of hydrogen-bond donors (Lipinski definition) is 8. The van der Waals surface area contributed by atoms with Gasteiger partial charge in [0.05, 0.1) is 17.9 Å². The largest absolute Gasteiger partial charge is 0.461 e. The molecule has 0 radical (unpaired) electrons. The van der Waals surface area contributed by atoms with Gasteiger partial charge in [0, 0.05) is 19.5 Å². The summed E-state index contributed by atoms with van der Waals surface area (Å²) >= 11 is 0. The molecule has 0 saturated heterocycles. The second-order valence-electron chi connectivity index (χ2n) is 21.0. The van der Waals surface area contributed by atoms with Crippen LogP contribution in [-0.4, -0.2) is 117 Å². The average Bonchev–Trinajstić information content (AvgIpc) is 3.55. The second-order valence-corrected chi connectivity index (χ2v) is 22.7. The predicted molar refractivity (Wildman–Crippen MR) is 305 cm³/mol. The number of carbonyl (C=O) groups excluding carboxylic acids is 8. The van der Waals surface area contributed by atoms with Gasteiger partial charge in [-0.1, -0.05) is 109 Å². The fraction of sp³-hybridized carbons (Fsp3) is 0.431. The zero-order chi connectivity index (χ0) is 60.3. The molecule has 0 aliphatic heterocycles. The highest BCUT2D eigenvalue weighted by Crippen LogP contribution is 2.15. The third-order valence-corrected chi connectivity index (χ3v) is 12.9. The Labute approximate surface area is 479 Å². The average molecular weight is 1160 g/mol. The highest BCUT2D eigenvalue weighted by molar-refractivity contribution is 7.90. The molecule has 0 saturated carbocycles. The van der Waals surface area contributed by atoms with Crippen molar-refractivity contribution < 1.29 is 65.7 Å². The standard InChI is InChI=1S/C58H77N9O14S/c1-39-28-30-43(31-29-39)82(76,77)67-54(59)60-33-19-27-44(64-51(71)45(66-56(75)81-58(5,6)7)26-17-18-32-61-55(74)79-38-42-24-15-10-16-25-42)50(70)62-36-48(68)63-46(35-49(69)78-37-41-22-13-9-14-23-41)52(72)65-47(53(73)80-57(2,3)4)34-40-20-11-8-12-21-40/h8-16,20-25,28-31,44-47H,17-19,26-27,32-38H2,1-7H3,(H,61,74)(H,62,70)(H,63,68)(H,64,71)(H,65,72)(H,66,75)(H3,59,60,67)/t44-,45-,46-,47+/m0/s1. The van der Waals surface area contributed by atoms with Crippen LogP contribution in [0.4, 0.5) is 9.59 Å². The zero-order valence-electron chi connectivity index (χ0n) is 47.4. The van der Waals surface area contributed by atoms with E-state index >= 15 is 0 Å². The third kappa shape index (κ3) is 26.2. The van der Waals surface area contributed by atoms with Crippen LogP contribution in [0.15, 0.2) is 125 Å². The van der Waals surface area contributed by atoms with E-state index in [-0.39, 0.29) is 63.3 Å². The lowest BCUT2D eigenvalue weighted by atomic mass is 10.0. The van der Waals surface area contributed by atoms with Crippen LogP contribution in [0.5, 0.6) is 0 Å². The van der Waals surface area contributed by atoms with Crippen molar-refractivity contribution >= 4 is 63.7 Å². The van der Waals surface area contributed by atoms with Crippen molar-refractivity contribution in [3.05, 3.63) is 138 Å². The molecule has 82 heavy (non-hydrogen) atoms. The molecule has 23 nitrogen and oxygen atoms in total. The first-order valence-electron chi connectivity index (χ1n) is 26.7. The second kappa shape index (κ2) is 32.6. The lowest BCUT2D eigenvalue weighted by Gasteiger charge is -2.26. The van der Waals surface area contributed by atoms with Crippen LogP contribution in [0.25, 0.3) is 0 Å². The Morgan fingerprint density at radius 3 is 1.67 bits per heavy atom. The Morgan fingerprint density at radius 1 is 0.561 bits per heavy atom. The summed E-state index contributed by atoms with van der Waals surface area (Å²) in [5.74, 6) is -5.78. The fourth-order valence-electron chi connectivity index (χ4n) is 7.54. The van der Waals surface area contributed by atoms with Crippen molar-refractivity contribution in [2.45, 2.75) is 147 Å². The summed E-state index contributed by atoms with van der Waals surface area (Å²) in [6.07, 6.45) is -1.87. The summed E-state index contributed by atoms with van der Waals surface area (Å²) in [5, 5.41) is 15.4. The number of nitrogens with two attached hydrogens (primary N) is 1. The number of hydrogen-bond acceptors (Lipinski definition) is 15. The van der Waals surface area contributed by atoms with Gasteiger partial charge in [-0.15, -0.1) is 0 Å². The molecule has 0 spiro atoms. The maximum atomic E-state index is 14.2. The molecule has 0 unspecified atom stereocenters. The molecule has 24 heteroatoms. The van der Waals surface area contributed by atoms with Gasteiger partial charge < -0.3 is 56.6 Å². The van der Waals surface area contributed by atoms with E-state index in [1.807, 2.05) is 18.2 Å². The smallest absolute Gasteiger partial charge is 0.408 e. The molecule has 0 fully saturated rings. The number of amides is 6. The quantitative estimate of drug-likeness (QED) is 0.0121. The number of nitrogens with zero attached hydrogens (tertiary/aromatic N) is 1. The van der Waals surface area contributed by atoms with Crippen LogP contribution < -0.4 is 42.4 Å².